The van der Waals surface area contributed by atoms with Crippen LogP contribution < -0.4 is 10.6 Å². The van der Waals surface area contributed by atoms with Gasteiger partial charge in [-0.15, -0.1) is 23.7 Å². The first-order valence-electron chi connectivity index (χ1n) is 5.87. The summed E-state index contributed by atoms with van der Waals surface area (Å²) in [6.45, 7) is 1.79. The molecule has 0 radical (unpaired) electrons. The molecular weight excluding hydrogens is 256 g/mol. The summed E-state index contributed by atoms with van der Waals surface area (Å²) < 4.78 is 0. The summed E-state index contributed by atoms with van der Waals surface area (Å²) in [5.74, 6) is 0.169. The lowest BCUT2D eigenvalue weighted by molar-refractivity contribution is -0.121. The van der Waals surface area contributed by atoms with E-state index in [4.69, 9.17) is 0 Å². The molecule has 0 bridgehead atoms. The van der Waals surface area contributed by atoms with E-state index in [9.17, 15) is 4.79 Å². The lowest BCUT2D eigenvalue weighted by atomic mass is 10.1. The molecule has 3 nitrogen and oxygen atoms in total. The van der Waals surface area contributed by atoms with Gasteiger partial charge >= 0.3 is 0 Å². The molecule has 0 spiro atoms. The second kappa shape index (κ2) is 7.69. The number of hydrogen-bond acceptors (Lipinski definition) is 3. The van der Waals surface area contributed by atoms with E-state index < -0.39 is 0 Å². The third kappa shape index (κ3) is 5.06. The minimum atomic E-state index is 0. The van der Waals surface area contributed by atoms with E-state index in [-0.39, 0.29) is 18.3 Å². The first-order valence-corrected chi connectivity index (χ1v) is 6.75. The molecule has 1 aromatic rings. The number of rotatable bonds is 5. The molecule has 1 unspecified atom stereocenters. The fourth-order valence-electron chi connectivity index (χ4n) is 2.00. The SMILES string of the molecule is Cl.O=C(CCC1CCCN1)NCc1cccs1. The second-order valence-corrected chi connectivity index (χ2v) is 5.22. The minimum Gasteiger partial charge on any atom is -0.351 e. The summed E-state index contributed by atoms with van der Waals surface area (Å²) in [4.78, 5) is 12.8. The van der Waals surface area contributed by atoms with E-state index >= 15 is 0 Å². The van der Waals surface area contributed by atoms with Crippen LogP contribution in [0.4, 0.5) is 0 Å². The van der Waals surface area contributed by atoms with Gasteiger partial charge in [0.25, 0.3) is 0 Å². The summed E-state index contributed by atoms with van der Waals surface area (Å²) in [6.07, 6.45) is 4.08. The number of nitrogens with one attached hydrogen (secondary N) is 2. The van der Waals surface area contributed by atoms with Gasteiger partial charge < -0.3 is 10.6 Å². The number of amides is 1. The van der Waals surface area contributed by atoms with Gasteiger partial charge in [0.2, 0.25) is 5.91 Å². The third-order valence-electron chi connectivity index (χ3n) is 2.92. The van der Waals surface area contributed by atoms with E-state index in [1.807, 2.05) is 17.5 Å². The number of carbonyl (C=O) groups is 1. The van der Waals surface area contributed by atoms with E-state index in [0.717, 1.165) is 13.0 Å². The highest BCUT2D eigenvalue weighted by atomic mass is 35.5. The maximum Gasteiger partial charge on any atom is 0.220 e. The van der Waals surface area contributed by atoms with Crippen molar-refractivity contribution < 1.29 is 4.79 Å². The van der Waals surface area contributed by atoms with Crippen LogP contribution in [0.25, 0.3) is 0 Å². The smallest absolute Gasteiger partial charge is 0.220 e. The Hall–Kier alpha value is -0.580. The van der Waals surface area contributed by atoms with Crippen molar-refractivity contribution in [1.82, 2.24) is 10.6 Å². The minimum absolute atomic E-state index is 0. The summed E-state index contributed by atoms with van der Waals surface area (Å²) in [5.41, 5.74) is 0. The molecule has 0 saturated carbocycles. The van der Waals surface area contributed by atoms with Gasteiger partial charge in [-0.3, -0.25) is 4.79 Å². The summed E-state index contributed by atoms with van der Waals surface area (Å²) in [5, 5.41) is 8.39. The first-order chi connectivity index (χ1) is 7.84. The van der Waals surface area contributed by atoms with Crippen molar-refractivity contribution in [3.8, 4) is 0 Å². The Bertz CT molecular complexity index is 323. The highest BCUT2D eigenvalue weighted by Crippen LogP contribution is 2.11. The maximum atomic E-state index is 11.6. The van der Waals surface area contributed by atoms with Gasteiger partial charge in [0.05, 0.1) is 6.54 Å². The average Bonchev–Trinajstić information content (AvgIpc) is 2.96. The lowest BCUT2D eigenvalue weighted by Crippen LogP contribution is -2.26. The van der Waals surface area contributed by atoms with Gasteiger partial charge in [-0.05, 0) is 37.3 Å². The van der Waals surface area contributed by atoms with Gasteiger partial charge in [0, 0.05) is 17.3 Å². The molecule has 0 aromatic carbocycles. The van der Waals surface area contributed by atoms with Crippen LogP contribution in [0.2, 0.25) is 0 Å². The molecular formula is C12H19ClN2OS. The van der Waals surface area contributed by atoms with E-state index in [1.165, 1.54) is 17.7 Å². The topological polar surface area (TPSA) is 41.1 Å². The van der Waals surface area contributed by atoms with Gasteiger partial charge in [-0.25, -0.2) is 0 Å². The van der Waals surface area contributed by atoms with Gasteiger partial charge in [0.1, 0.15) is 0 Å². The summed E-state index contributed by atoms with van der Waals surface area (Å²) in [6, 6.07) is 4.62. The fourth-order valence-corrected chi connectivity index (χ4v) is 2.64. The molecule has 1 saturated heterocycles. The number of hydrogen-bond donors (Lipinski definition) is 2. The molecule has 2 rings (SSSR count). The molecule has 1 aliphatic heterocycles. The highest BCUT2D eigenvalue weighted by molar-refractivity contribution is 7.09. The molecule has 1 fully saturated rings. The molecule has 2 heterocycles. The zero-order valence-electron chi connectivity index (χ0n) is 9.78. The van der Waals surface area contributed by atoms with Crippen molar-refractivity contribution in [2.75, 3.05) is 6.54 Å². The normalized spacial score (nSPS) is 18.7. The van der Waals surface area contributed by atoms with E-state index in [2.05, 4.69) is 10.6 Å². The Morgan fingerprint density at radius 1 is 1.59 bits per heavy atom. The second-order valence-electron chi connectivity index (χ2n) is 4.19. The monoisotopic (exact) mass is 274 g/mol. The van der Waals surface area contributed by atoms with Crippen LogP contribution in [0.15, 0.2) is 17.5 Å². The van der Waals surface area contributed by atoms with Crippen LogP contribution in [-0.2, 0) is 11.3 Å². The first kappa shape index (κ1) is 14.5. The van der Waals surface area contributed by atoms with Crippen molar-refractivity contribution in [3.63, 3.8) is 0 Å². The zero-order valence-corrected chi connectivity index (χ0v) is 11.4. The molecule has 1 atom stereocenters. The van der Waals surface area contributed by atoms with Crippen LogP contribution in [0.3, 0.4) is 0 Å². The summed E-state index contributed by atoms with van der Waals surface area (Å²) in [7, 11) is 0. The number of thiophene rings is 1. The predicted molar refractivity (Wildman–Crippen MR) is 73.7 cm³/mol. The third-order valence-corrected chi connectivity index (χ3v) is 3.80. The number of carbonyl (C=O) groups excluding carboxylic acids is 1. The quantitative estimate of drug-likeness (QED) is 0.865. The van der Waals surface area contributed by atoms with Crippen LogP contribution in [0, 0.1) is 0 Å². The van der Waals surface area contributed by atoms with Crippen molar-refractivity contribution in [2.24, 2.45) is 0 Å². The molecule has 96 valence electrons. The van der Waals surface area contributed by atoms with Crippen LogP contribution >= 0.6 is 23.7 Å². The fraction of sp³-hybridized carbons (Fsp3) is 0.583. The molecule has 17 heavy (non-hydrogen) atoms. The summed E-state index contributed by atoms with van der Waals surface area (Å²) >= 11 is 1.68. The van der Waals surface area contributed by atoms with Crippen molar-refractivity contribution in [3.05, 3.63) is 22.4 Å². The lowest BCUT2D eigenvalue weighted by Gasteiger charge is -2.09. The standard InChI is InChI=1S/C12H18N2OS.ClH/c15-12(6-5-10-3-1-7-13-10)14-9-11-4-2-8-16-11;/h2,4,8,10,13H,1,3,5-7,9H2,(H,14,15);1H. The molecule has 1 aromatic heterocycles. The van der Waals surface area contributed by atoms with Gasteiger partial charge in [-0.2, -0.15) is 0 Å². The Morgan fingerprint density at radius 3 is 3.12 bits per heavy atom. The van der Waals surface area contributed by atoms with Gasteiger partial charge in [-0.1, -0.05) is 6.07 Å². The van der Waals surface area contributed by atoms with E-state index in [1.54, 1.807) is 11.3 Å². The van der Waals surface area contributed by atoms with Crippen molar-refractivity contribution in [2.45, 2.75) is 38.3 Å². The molecule has 5 heteroatoms. The largest absolute Gasteiger partial charge is 0.351 e. The van der Waals surface area contributed by atoms with Crippen LogP contribution in [0.1, 0.15) is 30.6 Å². The highest BCUT2D eigenvalue weighted by Gasteiger charge is 2.14. The molecule has 1 amide bonds. The Kier molecular flexibility index (Phi) is 6.55. The molecule has 0 aliphatic carbocycles. The predicted octanol–water partition coefficient (Wildman–Crippen LogP) is 2.32. The molecule has 1 aliphatic rings. The van der Waals surface area contributed by atoms with Crippen LogP contribution in [0.5, 0.6) is 0 Å². The zero-order chi connectivity index (χ0) is 11.2. The van der Waals surface area contributed by atoms with Crippen molar-refractivity contribution >= 4 is 29.7 Å². The average molecular weight is 275 g/mol. The Morgan fingerprint density at radius 2 is 2.47 bits per heavy atom. The van der Waals surface area contributed by atoms with E-state index in [0.29, 0.717) is 19.0 Å². The Labute approximate surface area is 112 Å². The maximum absolute atomic E-state index is 11.6. The Balaban J connectivity index is 0.00000144. The molecule has 2 N–H and O–H groups in total. The van der Waals surface area contributed by atoms with Gasteiger partial charge in [0.15, 0.2) is 0 Å². The number of halogens is 1. The van der Waals surface area contributed by atoms with Crippen LogP contribution in [-0.4, -0.2) is 18.5 Å². The van der Waals surface area contributed by atoms with Crippen molar-refractivity contribution in [1.29, 1.82) is 0 Å².